The van der Waals surface area contributed by atoms with Crippen molar-refractivity contribution >= 4 is 17.8 Å². The fourth-order valence-corrected chi connectivity index (χ4v) is 1.92. The molecule has 0 aliphatic carbocycles. The van der Waals surface area contributed by atoms with E-state index in [1.807, 2.05) is 6.07 Å². The Bertz CT molecular complexity index is 527. The smallest absolute Gasteiger partial charge is 0.337 e. The Morgan fingerprint density at radius 3 is 2.48 bits per heavy atom. The molecule has 0 saturated heterocycles. The molecule has 21 heavy (non-hydrogen) atoms. The van der Waals surface area contributed by atoms with E-state index in [4.69, 9.17) is 0 Å². The number of methoxy groups -OCH3 is 2. The van der Waals surface area contributed by atoms with Gasteiger partial charge in [0.2, 0.25) is 5.91 Å². The van der Waals surface area contributed by atoms with Crippen LogP contribution < -0.4 is 5.32 Å². The molecule has 0 bridgehead atoms. The quantitative estimate of drug-likeness (QED) is 0.794. The van der Waals surface area contributed by atoms with Crippen LogP contribution in [0.5, 0.6) is 0 Å². The Kier molecular flexibility index (Phi) is 6.39. The van der Waals surface area contributed by atoms with Crippen molar-refractivity contribution in [1.82, 2.24) is 5.32 Å². The van der Waals surface area contributed by atoms with Gasteiger partial charge in [0.1, 0.15) is 6.04 Å². The van der Waals surface area contributed by atoms with Crippen molar-refractivity contribution < 1.29 is 23.9 Å². The monoisotopic (exact) mass is 293 g/mol. The minimum absolute atomic E-state index is 0.297. The van der Waals surface area contributed by atoms with Crippen LogP contribution in [0, 0.1) is 0 Å². The summed E-state index contributed by atoms with van der Waals surface area (Å²) in [6.45, 7) is 1.34. The Labute approximate surface area is 123 Å². The molecule has 0 radical (unpaired) electrons. The van der Waals surface area contributed by atoms with E-state index in [9.17, 15) is 14.4 Å². The molecule has 1 aromatic carbocycles. The number of esters is 2. The summed E-state index contributed by atoms with van der Waals surface area (Å²) >= 11 is 0. The van der Waals surface area contributed by atoms with Crippen LogP contribution in [-0.4, -0.2) is 38.1 Å². The van der Waals surface area contributed by atoms with Crippen molar-refractivity contribution in [3.63, 3.8) is 0 Å². The van der Waals surface area contributed by atoms with Gasteiger partial charge in [0.05, 0.1) is 19.8 Å². The maximum absolute atomic E-state index is 11.6. The standard InChI is InChI=1S/C15H19NO5/c1-10(17)16-13(15(19)21-3)8-7-11-5-4-6-12(9-11)14(18)20-2/h4-6,9,13H,7-8H2,1-3H3,(H,16,17). The van der Waals surface area contributed by atoms with Crippen LogP contribution >= 0.6 is 0 Å². The lowest BCUT2D eigenvalue weighted by molar-refractivity contribution is -0.145. The first-order valence-corrected chi connectivity index (χ1v) is 6.50. The van der Waals surface area contributed by atoms with E-state index < -0.39 is 18.0 Å². The van der Waals surface area contributed by atoms with Gasteiger partial charge in [0.15, 0.2) is 0 Å². The van der Waals surface area contributed by atoms with Gasteiger partial charge in [-0.05, 0) is 30.5 Å². The first kappa shape index (κ1) is 16.7. The number of carbonyl (C=O) groups excluding carboxylic acids is 3. The average Bonchev–Trinajstić information content (AvgIpc) is 2.49. The number of hydrogen-bond donors (Lipinski definition) is 1. The van der Waals surface area contributed by atoms with E-state index in [2.05, 4.69) is 14.8 Å². The van der Waals surface area contributed by atoms with E-state index >= 15 is 0 Å². The topological polar surface area (TPSA) is 81.7 Å². The van der Waals surface area contributed by atoms with Gasteiger partial charge in [0.25, 0.3) is 0 Å². The minimum atomic E-state index is -0.700. The first-order chi connectivity index (χ1) is 9.97. The molecule has 0 saturated carbocycles. The molecular formula is C15H19NO5. The molecule has 0 heterocycles. The highest BCUT2D eigenvalue weighted by Gasteiger charge is 2.19. The molecule has 1 atom stereocenters. The number of nitrogens with one attached hydrogen (secondary N) is 1. The molecule has 0 aliphatic rings. The summed E-state index contributed by atoms with van der Waals surface area (Å²) in [5, 5.41) is 2.54. The third kappa shape index (κ3) is 5.25. The molecule has 1 unspecified atom stereocenters. The highest BCUT2D eigenvalue weighted by atomic mass is 16.5. The van der Waals surface area contributed by atoms with Crippen LogP contribution in [0.15, 0.2) is 24.3 Å². The van der Waals surface area contributed by atoms with Gasteiger partial charge in [-0.25, -0.2) is 9.59 Å². The minimum Gasteiger partial charge on any atom is -0.467 e. The van der Waals surface area contributed by atoms with E-state index in [1.165, 1.54) is 21.1 Å². The van der Waals surface area contributed by atoms with Crippen LogP contribution in [-0.2, 0) is 25.5 Å². The molecule has 0 aromatic heterocycles. The largest absolute Gasteiger partial charge is 0.467 e. The number of aryl methyl sites for hydroxylation is 1. The first-order valence-electron chi connectivity index (χ1n) is 6.50. The normalized spacial score (nSPS) is 11.4. The summed E-state index contributed by atoms with van der Waals surface area (Å²) in [6, 6.07) is 6.24. The summed E-state index contributed by atoms with van der Waals surface area (Å²) in [5.41, 5.74) is 1.32. The van der Waals surface area contributed by atoms with Gasteiger partial charge in [0, 0.05) is 6.92 Å². The number of ether oxygens (including phenoxy) is 2. The number of amides is 1. The van der Waals surface area contributed by atoms with Crippen molar-refractivity contribution in [3.8, 4) is 0 Å². The molecule has 0 spiro atoms. The van der Waals surface area contributed by atoms with Gasteiger partial charge in [-0.1, -0.05) is 12.1 Å². The zero-order valence-corrected chi connectivity index (χ0v) is 12.3. The van der Waals surface area contributed by atoms with Crippen LogP contribution in [0.3, 0.4) is 0 Å². The van der Waals surface area contributed by atoms with Crippen molar-refractivity contribution in [2.24, 2.45) is 0 Å². The third-order valence-electron chi connectivity index (χ3n) is 2.93. The molecule has 0 fully saturated rings. The lowest BCUT2D eigenvalue weighted by Crippen LogP contribution is -2.40. The van der Waals surface area contributed by atoms with Crippen LogP contribution in [0.25, 0.3) is 0 Å². The predicted octanol–water partition coefficient (Wildman–Crippen LogP) is 1.08. The summed E-state index contributed by atoms with van der Waals surface area (Å²) < 4.78 is 9.31. The van der Waals surface area contributed by atoms with Gasteiger partial charge >= 0.3 is 11.9 Å². The van der Waals surface area contributed by atoms with Crippen molar-refractivity contribution in [2.45, 2.75) is 25.8 Å². The Morgan fingerprint density at radius 1 is 1.19 bits per heavy atom. The van der Waals surface area contributed by atoms with Crippen LogP contribution in [0.1, 0.15) is 29.3 Å². The molecule has 6 heteroatoms. The Hall–Kier alpha value is -2.37. The third-order valence-corrected chi connectivity index (χ3v) is 2.93. The number of benzene rings is 1. The predicted molar refractivity (Wildman–Crippen MR) is 75.7 cm³/mol. The van der Waals surface area contributed by atoms with E-state index in [1.54, 1.807) is 18.2 Å². The number of carbonyl (C=O) groups is 3. The van der Waals surface area contributed by atoms with Crippen molar-refractivity contribution in [1.29, 1.82) is 0 Å². The lowest BCUT2D eigenvalue weighted by Gasteiger charge is -2.15. The van der Waals surface area contributed by atoms with E-state index in [-0.39, 0.29) is 5.91 Å². The maximum Gasteiger partial charge on any atom is 0.337 e. The number of hydrogen-bond acceptors (Lipinski definition) is 5. The summed E-state index contributed by atoms with van der Waals surface area (Å²) in [7, 11) is 2.59. The van der Waals surface area contributed by atoms with Crippen molar-refractivity contribution in [2.75, 3.05) is 14.2 Å². The molecular weight excluding hydrogens is 274 g/mol. The zero-order valence-electron chi connectivity index (χ0n) is 12.3. The fraction of sp³-hybridized carbons (Fsp3) is 0.400. The van der Waals surface area contributed by atoms with Crippen LogP contribution in [0.2, 0.25) is 0 Å². The van der Waals surface area contributed by atoms with Crippen molar-refractivity contribution in [3.05, 3.63) is 35.4 Å². The molecule has 114 valence electrons. The van der Waals surface area contributed by atoms with Gasteiger partial charge in [-0.3, -0.25) is 4.79 Å². The summed E-state index contributed by atoms with van der Waals surface area (Å²) in [4.78, 5) is 34.1. The van der Waals surface area contributed by atoms with Gasteiger partial charge < -0.3 is 14.8 Å². The fourth-order valence-electron chi connectivity index (χ4n) is 1.92. The van der Waals surface area contributed by atoms with E-state index in [0.29, 0.717) is 18.4 Å². The summed E-state index contributed by atoms with van der Waals surface area (Å²) in [6.07, 6.45) is 0.905. The second kappa shape index (κ2) is 8.04. The highest BCUT2D eigenvalue weighted by molar-refractivity contribution is 5.89. The van der Waals surface area contributed by atoms with Crippen LogP contribution in [0.4, 0.5) is 0 Å². The second-order valence-corrected chi connectivity index (χ2v) is 4.51. The number of rotatable bonds is 6. The molecule has 6 nitrogen and oxygen atoms in total. The SMILES string of the molecule is COC(=O)c1cccc(CCC(NC(C)=O)C(=O)OC)c1. The van der Waals surface area contributed by atoms with Gasteiger partial charge in [-0.15, -0.1) is 0 Å². The molecule has 1 amide bonds. The maximum atomic E-state index is 11.6. The van der Waals surface area contributed by atoms with E-state index in [0.717, 1.165) is 5.56 Å². The Balaban J connectivity index is 2.73. The molecule has 1 N–H and O–H groups in total. The molecule has 0 aliphatic heterocycles. The zero-order chi connectivity index (χ0) is 15.8. The highest BCUT2D eigenvalue weighted by Crippen LogP contribution is 2.10. The average molecular weight is 293 g/mol. The molecule has 1 rings (SSSR count). The lowest BCUT2D eigenvalue weighted by atomic mass is 10.0. The second-order valence-electron chi connectivity index (χ2n) is 4.51. The summed E-state index contributed by atoms with van der Waals surface area (Å²) in [5.74, 6) is -1.20. The molecule has 1 aromatic rings. The van der Waals surface area contributed by atoms with Gasteiger partial charge in [-0.2, -0.15) is 0 Å². The Morgan fingerprint density at radius 2 is 1.90 bits per heavy atom.